The van der Waals surface area contributed by atoms with E-state index in [2.05, 4.69) is 49.4 Å². The van der Waals surface area contributed by atoms with Crippen molar-refractivity contribution in [2.45, 2.75) is 19.3 Å². The predicted octanol–water partition coefficient (Wildman–Crippen LogP) is 4.97. The first-order valence-corrected chi connectivity index (χ1v) is 6.42. The summed E-state index contributed by atoms with van der Waals surface area (Å²) in [6, 6.07) is 20.9. The first kappa shape index (κ1) is 11.1. The largest absolute Gasteiger partial charge is 0.460 e. The molecule has 90 valence electrons. The summed E-state index contributed by atoms with van der Waals surface area (Å²) in [7, 11) is 0. The molecule has 1 nitrogen and oxygen atoms in total. The van der Waals surface area contributed by atoms with Gasteiger partial charge in [0.25, 0.3) is 0 Å². The van der Waals surface area contributed by atoms with Crippen molar-refractivity contribution in [1.29, 1.82) is 0 Å². The fourth-order valence-corrected chi connectivity index (χ4v) is 2.46. The molecule has 1 atom stereocenters. The van der Waals surface area contributed by atoms with Crippen molar-refractivity contribution in [2.24, 2.45) is 0 Å². The lowest BCUT2D eigenvalue weighted by molar-refractivity contribution is 0.513. The summed E-state index contributed by atoms with van der Waals surface area (Å²) in [4.78, 5) is 0. The molecule has 2 aromatic carbocycles. The SMILES string of the molecule is CCC(c1ccccc1)c1cc2ccccc2o1. The monoisotopic (exact) mass is 236 g/mol. The Morgan fingerprint density at radius 3 is 2.39 bits per heavy atom. The number of hydrogen-bond acceptors (Lipinski definition) is 1. The number of hydrogen-bond donors (Lipinski definition) is 0. The molecule has 0 aliphatic carbocycles. The molecule has 0 aliphatic heterocycles. The average Bonchev–Trinajstić information content (AvgIpc) is 2.84. The molecule has 1 heterocycles. The molecule has 18 heavy (non-hydrogen) atoms. The maximum Gasteiger partial charge on any atom is 0.134 e. The summed E-state index contributed by atoms with van der Waals surface area (Å²) < 4.78 is 5.98. The van der Waals surface area contributed by atoms with Crippen LogP contribution in [-0.2, 0) is 0 Å². The lowest BCUT2D eigenvalue weighted by Gasteiger charge is -2.11. The maximum atomic E-state index is 5.98. The van der Waals surface area contributed by atoms with Gasteiger partial charge >= 0.3 is 0 Å². The lowest BCUT2D eigenvalue weighted by atomic mass is 9.94. The van der Waals surface area contributed by atoms with Gasteiger partial charge in [0.05, 0.1) is 0 Å². The number of fused-ring (bicyclic) bond motifs is 1. The Kier molecular flexibility index (Phi) is 2.89. The normalized spacial score (nSPS) is 12.7. The fraction of sp³-hybridized carbons (Fsp3) is 0.176. The van der Waals surface area contributed by atoms with Gasteiger partial charge in [0.2, 0.25) is 0 Å². The third kappa shape index (κ3) is 1.92. The van der Waals surface area contributed by atoms with Gasteiger partial charge in [0, 0.05) is 11.3 Å². The van der Waals surface area contributed by atoms with Crippen LogP contribution in [0.3, 0.4) is 0 Å². The molecular formula is C17H16O. The summed E-state index contributed by atoms with van der Waals surface area (Å²) in [5.41, 5.74) is 2.29. The lowest BCUT2D eigenvalue weighted by Crippen LogP contribution is -1.97. The molecule has 0 amide bonds. The minimum Gasteiger partial charge on any atom is -0.460 e. The predicted molar refractivity (Wildman–Crippen MR) is 74.8 cm³/mol. The zero-order valence-electron chi connectivity index (χ0n) is 10.5. The third-order valence-corrected chi connectivity index (χ3v) is 3.40. The van der Waals surface area contributed by atoms with E-state index in [1.807, 2.05) is 18.2 Å². The zero-order chi connectivity index (χ0) is 12.4. The molecule has 3 aromatic rings. The second-order valence-corrected chi connectivity index (χ2v) is 4.56. The van der Waals surface area contributed by atoms with Crippen LogP contribution in [0, 0.1) is 0 Å². The van der Waals surface area contributed by atoms with Gasteiger partial charge in [-0.05, 0) is 24.1 Å². The summed E-state index contributed by atoms with van der Waals surface area (Å²) in [6.07, 6.45) is 1.05. The van der Waals surface area contributed by atoms with Crippen molar-refractivity contribution in [2.75, 3.05) is 0 Å². The van der Waals surface area contributed by atoms with Crippen LogP contribution >= 0.6 is 0 Å². The molecule has 0 radical (unpaired) electrons. The molecule has 0 bridgehead atoms. The Bertz CT molecular complexity index is 604. The van der Waals surface area contributed by atoms with E-state index in [4.69, 9.17) is 4.42 Å². The van der Waals surface area contributed by atoms with Gasteiger partial charge in [-0.15, -0.1) is 0 Å². The van der Waals surface area contributed by atoms with Gasteiger partial charge in [-0.2, -0.15) is 0 Å². The Labute approximate surface area is 107 Å². The van der Waals surface area contributed by atoms with Crippen LogP contribution in [0.4, 0.5) is 0 Å². The van der Waals surface area contributed by atoms with Crippen LogP contribution < -0.4 is 0 Å². The van der Waals surface area contributed by atoms with Crippen molar-refractivity contribution < 1.29 is 4.42 Å². The van der Waals surface area contributed by atoms with Crippen molar-refractivity contribution in [3.8, 4) is 0 Å². The second-order valence-electron chi connectivity index (χ2n) is 4.56. The first-order valence-electron chi connectivity index (χ1n) is 6.42. The molecule has 0 aliphatic rings. The van der Waals surface area contributed by atoms with Crippen LogP contribution in [0.15, 0.2) is 65.1 Å². The van der Waals surface area contributed by atoms with E-state index in [-0.39, 0.29) is 0 Å². The van der Waals surface area contributed by atoms with E-state index >= 15 is 0 Å². The molecule has 1 aromatic heterocycles. The molecule has 0 saturated carbocycles. The highest BCUT2D eigenvalue weighted by molar-refractivity contribution is 5.78. The average molecular weight is 236 g/mol. The van der Waals surface area contributed by atoms with Crippen molar-refractivity contribution in [3.63, 3.8) is 0 Å². The molecule has 0 N–H and O–H groups in total. The third-order valence-electron chi connectivity index (χ3n) is 3.40. The molecule has 0 fully saturated rings. The smallest absolute Gasteiger partial charge is 0.134 e. The van der Waals surface area contributed by atoms with Gasteiger partial charge in [-0.1, -0.05) is 55.5 Å². The van der Waals surface area contributed by atoms with Crippen molar-refractivity contribution in [1.82, 2.24) is 0 Å². The second kappa shape index (κ2) is 4.69. The van der Waals surface area contributed by atoms with E-state index in [9.17, 15) is 0 Å². The molecular weight excluding hydrogens is 220 g/mol. The van der Waals surface area contributed by atoms with Gasteiger partial charge in [0.1, 0.15) is 11.3 Å². The van der Waals surface area contributed by atoms with E-state index in [0.29, 0.717) is 5.92 Å². The van der Waals surface area contributed by atoms with Gasteiger partial charge in [-0.3, -0.25) is 0 Å². The Morgan fingerprint density at radius 2 is 1.67 bits per heavy atom. The van der Waals surface area contributed by atoms with Crippen LogP contribution in [-0.4, -0.2) is 0 Å². The minimum atomic E-state index is 0.346. The summed E-state index contributed by atoms with van der Waals surface area (Å²) in [6.45, 7) is 2.20. The minimum absolute atomic E-state index is 0.346. The van der Waals surface area contributed by atoms with Gasteiger partial charge < -0.3 is 4.42 Å². The topological polar surface area (TPSA) is 13.1 Å². The highest BCUT2D eigenvalue weighted by Crippen LogP contribution is 2.31. The molecule has 0 saturated heterocycles. The van der Waals surface area contributed by atoms with Crippen LogP contribution in [0.5, 0.6) is 0 Å². The highest BCUT2D eigenvalue weighted by Gasteiger charge is 2.16. The Balaban J connectivity index is 2.06. The van der Waals surface area contributed by atoms with E-state index in [1.54, 1.807) is 0 Å². The quantitative estimate of drug-likeness (QED) is 0.625. The number of rotatable bonds is 3. The van der Waals surface area contributed by atoms with Crippen molar-refractivity contribution in [3.05, 3.63) is 72.0 Å². The van der Waals surface area contributed by atoms with Crippen LogP contribution in [0.2, 0.25) is 0 Å². The van der Waals surface area contributed by atoms with E-state index in [1.165, 1.54) is 10.9 Å². The van der Waals surface area contributed by atoms with E-state index in [0.717, 1.165) is 17.8 Å². The number of para-hydroxylation sites is 1. The zero-order valence-corrected chi connectivity index (χ0v) is 10.5. The summed E-state index contributed by atoms with van der Waals surface area (Å²) in [5, 5.41) is 1.18. The summed E-state index contributed by atoms with van der Waals surface area (Å²) >= 11 is 0. The summed E-state index contributed by atoms with van der Waals surface area (Å²) in [5.74, 6) is 1.41. The van der Waals surface area contributed by atoms with Crippen LogP contribution in [0.25, 0.3) is 11.0 Å². The molecule has 3 rings (SSSR count). The number of benzene rings is 2. The first-order chi connectivity index (χ1) is 8.88. The Morgan fingerprint density at radius 1 is 0.944 bits per heavy atom. The highest BCUT2D eigenvalue weighted by atomic mass is 16.3. The number of furan rings is 1. The molecule has 0 spiro atoms. The Hall–Kier alpha value is -2.02. The molecule has 1 unspecified atom stereocenters. The van der Waals surface area contributed by atoms with Gasteiger partial charge in [0.15, 0.2) is 0 Å². The standard InChI is InChI=1S/C17H16O/c1-2-15(13-8-4-3-5-9-13)17-12-14-10-6-7-11-16(14)18-17/h3-12,15H,2H2,1H3. The van der Waals surface area contributed by atoms with Gasteiger partial charge in [-0.25, -0.2) is 0 Å². The van der Waals surface area contributed by atoms with Crippen LogP contribution in [0.1, 0.15) is 30.6 Å². The van der Waals surface area contributed by atoms with E-state index < -0.39 is 0 Å². The fourth-order valence-electron chi connectivity index (χ4n) is 2.46. The maximum absolute atomic E-state index is 5.98. The molecule has 1 heteroatoms. The van der Waals surface area contributed by atoms with Crippen molar-refractivity contribution >= 4 is 11.0 Å².